The van der Waals surface area contributed by atoms with Crippen LogP contribution in [0.4, 0.5) is 5.69 Å². The predicted octanol–water partition coefficient (Wildman–Crippen LogP) is 3.42. The van der Waals surface area contributed by atoms with Gasteiger partial charge in [0.05, 0.1) is 26.5 Å². The van der Waals surface area contributed by atoms with Crippen molar-refractivity contribution >= 4 is 33.2 Å². The highest BCUT2D eigenvalue weighted by molar-refractivity contribution is 9.10. The van der Waals surface area contributed by atoms with Crippen molar-refractivity contribution in [3.05, 3.63) is 52.5 Å². The maximum absolute atomic E-state index is 11.9. The number of hydrazone groups is 1. The van der Waals surface area contributed by atoms with Gasteiger partial charge in [0.2, 0.25) is 0 Å². The molecular weight excluding hydrogens is 386 g/mol. The minimum absolute atomic E-state index is 0.129. The second-order valence-electron chi connectivity index (χ2n) is 5.16. The van der Waals surface area contributed by atoms with E-state index in [9.17, 15) is 4.79 Å². The van der Waals surface area contributed by atoms with Gasteiger partial charge in [-0.05, 0) is 49.4 Å². The van der Waals surface area contributed by atoms with Gasteiger partial charge in [0.25, 0.3) is 5.91 Å². The van der Waals surface area contributed by atoms with Crippen molar-refractivity contribution in [1.29, 1.82) is 0 Å². The summed E-state index contributed by atoms with van der Waals surface area (Å²) in [6.45, 7) is 1.94. The number of rotatable bonds is 7. The molecule has 6 nitrogen and oxygen atoms in total. The number of halogens is 1. The Morgan fingerprint density at radius 2 is 1.76 bits per heavy atom. The third kappa shape index (κ3) is 5.49. The van der Waals surface area contributed by atoms with Crippen LogP contribution in [-0.2, 0) is 4.79 Å². The molecule has 0 aliphatic rings. The second kappa shape index (κ2) is 9.08. The highest BCUT2D eigenvalue weighted by atomic mass is 79.9. The lowest BCUT2D eigenvalue weighted by Gasteiger charge is -2.10. The van der Waals surface area contributed by atoms with Gasteiger partial charge in [0.15, 0.2) is 11.5 Å². The van der Waals surface area contributed by atoms with Crippen LogP contribution in [0.15, 0.2) is 52.0 Å². The molecule has 7 heteroatoms. The van der Waals surface area contributed by atoms with Crippen molar-refractivity contribution < 1.29 is 14.3 Å². The fourth-order valence-corrected chi connectivity index (χ4v) is 2.33. The Morgan fingerprint density at radius 1 is 1.08 bits per heavy atom. The Morgan fingerprint density at radius 3 is 2.40 bits per heavy atom. The molecule has 0 aliphatic carbocycles. The van der Waals surface area contributed by atoms with E-state index in [4.69, 9.17) is 9.47 Å². The van der Waals surface area contributed by atoms with Gasteiger partial charge < -0.3 is 14.8 Å². The van der Waals surface area contributed by atoms with Gasteiger partial charge in [-0.2, -0.15) is 5.10 Å². The molecule has 0 saturated carbocycles. The van der Waals surface area contributed by atoms with E-state index in [1.165, 1.54) is 0 Å². The molecule has 0 unspecified atom stereocenters. The number of anilines is 1. The zero-order valence-electron chi connectivity index (χ0n) is 14.3. The van der Waals surface area contributed by atoms with Gasteiger partial charge in [-0.3, -0.25) is 4.79 Å². The van der Waals surface area contributed by atoms with Gasteiger partial charge in [-0.25, -0.2) is 5.43 Å². The number of ether oxygens (including phenoxy) is 2. The molecule has 132 valence electrons. The first-order chi connectivity index (χ1) is 12.0. The van der Waals surface area contributed by atoms with E-state index < -0.39 is 0 Å². The van der Waals surface area contributed by atoms with Crippen molar-refractivity contribution in [2.24, 2.45) is 5.10 Å². The Bertz CT molecular complexity index is 761. The molecule has 2 N–H and O–H groups in total. The van der Waals surface area contributed by atoms with Crippen LogP contribution in [0.3, 0.4) is 0 Å². The molecule has 0 aromatic heterocycles. The molecule has 2 rings (SSSR count). The first-order valence-electron chi connectivity index (χ1n) is 7.58. The standard InChI is InChI=1S/C18H20BrN3O3/c1-12(13-4-9-16(24-2)17(10-13)25-3)21-22-18(23)11-20-15-7-5-14(19)6-8-15/h4-10,20H,11H2,1-3H3,(H,22,23)/b21-12-. The van der Waals surface area contributed by atoms with Gasteiger partial charge in [0, 0.05) is 15.7 Å². The molecule has 0 heterocycles. The fourth-order valence-electron chi connectivity index (χ4n) is 2.06. The molecule has 0 spiro atoms. The summed E-state index contributed by atoms with van der Waals surface area (Å²) >= 11 is 3.37. The van der Waals surface area contributed by atoms with Crippen LogP contribution in [0.2, 0.25) is 0 Å². The molecule has 25 heavy (non-hydrogen) atoms. The van der Waals surface area contributed by atoms with E-state index in [2.05, 4.69) is 31.8 Å². The number of carbonyl (C=O) groups excluding carboxylic acids is 1. The second-order valence-corrected chi connectivity index (χ2v) is 6.08. The van der Waals surface area contributed by atoms with Gasteiger partial charge in [-0.15, -0.1) is 0 Å². The molecule has 0 atom stereocenters. The van der Waals surface area contributed by atoms with Crippen LogP contribution in [0.5, 0.6) is 11.5 Å². The summed E-state index contributed by atoms with van der Waals surface area (Å²) in [5.74, 6) is 1.02. The molecule has 2 aromatic carbocycles. The summed E-state index contributed by atoms with van der Waals surface area (Å²) in [5, 5.41) is 7.15. The van der Waals surface area contributed by atoms with E-state index in [0.29, 0.717) is 17.2 Å². The lowest BCUT2D eigenvalue weighted by atomic mass is 10.1. The maximum atomic E-state index is 11.9. The van der Waals surface area contributed by atoms with Crippen molar-refractivity contribution in [2.45, 2.75) is 6.92 Å². The van der Waals surface area contributed by atoms with Crippen LogP contribution >= 0.6 is 15.9 Å². The van der Waals surface area contributed by atoms with Crippen molar-refractivity contribution in [3.8, 4) is 11.5 Å². The smallest absolute Gasteiger partial charge is 0.259 e. The third-order valence-electron chi connectivity index (χ3n) is 3.45. The topological polar surface area (TPSA) is 72.0 Å². The van der Waals surface area contributed by atoms with Crippen LogP contribution in [0.25, 0.3) is 0 Å². The van der Waals surface area contributed by atoms with E-state index in [1.807, 2.05) is 43.3 Å². The molecule has 0 fully saturated rings. The normalized spacial score (nSPS) is 11.0. The van der Waals surface area contributed by atoms with Gasteiger partial charge in [-0.1, -0.05) is 15.9 Å². The Labute approximate surface area is 155 Å². The molecule has 0 radical (unpaired) electrons. The van der Waals surface area contributed by atoms with E-state index >= 15 is 0 Å². The summed E-state index contributed by atoms with van der Waals surface area (Å²) in [4.78, 5) is 11.9. The minimum atomic E-state index is -0.234. The summed E-state index contributed by atoms with van der Waals surface area (Å²) in [5.41, 5.74) is 4.89. The zero-order valence-corrected chi connectivity index (χ0v) is 15.9. The first-order valence-corrected chi connectivity index (χ1v) is 8.37. The molecule has 1 amide bonds. The largest absolute Gasteiger partial charge is 0.493 e. The highest BCUT2D eigenvalue weighted by Gasteiger charge is 2.07. The Hall–Kier alpha value is -2.54. The maximum Gasteiger partial charge on any atom is 0.259 e. The summed E-state index contributed by atoms with van der Waals surface area (Å²) in [7, 11) is 3.15. The lowest BCUT2D eigenvalue weighted by molar-refractivity contribution is -0.119. The summed E-state index contributed by atoms with van der Waals surface area (Å²) in [6.07, 6.45) is 0. The number of hydrogen-bond acceptors (Lipinski definition) is 5. The molecule has 0 aliphatic heterocycles. The number of carbonyl (C=O) groups is 1. The minimum Gasteiger partial charge on any atom is -0.493 e. The first kappa shape index (κ1) is 18.8. The predicted molar refractivity (Wildman–Crippen MR) is 103 cm³/mol. The number of amides is 1. The Kier molecular flexibility index (Phi) is 6.82. The zero-order chi connectivity index (χ0) is 18.2. The number of nitrogens with one attached hydrogen (secondary N) is 2. The van der Waals surface area contributed by atoms with Crippen molar-refractivity contribution in [2.75, 3.05) is 26.1 Å². The fraction of sp³-hybridized carbons (Fsp3) is 0.222. The quantitative estimate of drug-likeness (QED) is 0.546. The number of hydrogen-bond donors (Lipinski definition) is 2. The average molecular weight is 406 g/mol. The van der Waals surface area contributed by atoms with Gasteiger partial charge >= 0.3 is 0 Å². The highest BCUT2D eigenvalue weighted by Crippen LogP contribution is 2.27. The number of methoxy groups -OCH3 is 2. The monoisotopic (exact) mass is 405 g/mol. The number of benzene rings is 2. The Balaban J connectivity index is 1.93. The van der Waals surface area contributed by atoms with Crippen LogP contribution in [0, 0.1) is 0 Å². The van der Waals surface area contributed by atoms with Gasteiger partial charge in [0.1, 0.15) is 0 Å². The van der Waals surface area contributed by atoms with Crippen molar-refractivity contribution in [1.82, 2.24) is 5.43 Å². The van der Waals surface area contributed by atoms with E-state index in [0.717, 1.165) is 15.7 Å². The van der Waals surface area contributed by atoms with Crippen LogP contribution in [-0.4, -0.2) is 32.4 Å². The lowest BCUT2D eigenvalue weighted by Crippen LogP contribution is -2.26. The third-order valence-corrected chi connectivity index (χ3v) is 3.98. The van der Waals surface area contributed by atoms with Crippen molar-refractivity contribution in [3.63, 3.8) is 0 Å². The van der Waals surface area contributed by atoms with E-state index in [-0.39, 0.29) is 12.5 Å². The molecular formula is C18H20BrN3O3. The summed E-state index contributed by atoms with van der Waals surface area (Å²) < 4.78 is 11.5. The number of nitrogens with zero attached hydrogens (tertiary/aromatic N) is 1. The van der Waals surface area contributed by atoms with E-state index in [1.54, 1.807) is 20.3 Å². The van der Waals surface area contributed by atoms with Crippen LogP contribution in [0.1, 0.15) is 12.5 Å². The molecule has 2 aromatic rings. The average Bonchev–Trinajstić information content (AvgIpc) is 2.64. The SMILES string of the molecule is COc1ccc(/C(C)=N\NC(=O)CNc2ccc(Br)cc2)cc1OC. The molecule has 0 bridgehead atoms. The van der Waals surface area contributed by atoms with Crippen LogP contribution < -0.4 is 20.2 Å². The molecule has 0 saturated heterocycles. The summed E-state index contributed by atoms with van der Waals surface area (Å²) in [6, 6.07) is 13.0.